The van der Waals surface area contributed by atoms with Crippen LogP contribution in [0.15, 0.2) is 36.4 Å². The molecule has 0 fully saturated rings. The standard InChI is InChI=1S/C12H12N2O2/c15-12(16)11-8-10(13-14-11)9-6-4-2-1-3-5-7-9/h1-2,4,6-8H,3,5H2,(H,13,14)(H,15,16)/b2-1+,6-4-,9-7+. The zero-order valence-corrected chi connectivity index (χ0v) is 8.68. The van der Waals surface area contributed by atoms with Crippen molar-refractivity contribution in [1.82, 2.24) is 10.2 Å². The van der Waals surface area contributed by atoms with Gasteiger partial charge in [-0.1, -0.05) is 30.4 Å². The van der Waals surface area contributed by atoms with Gasteiger partial charge in [-0.2, -0.15) is 5.10 Å². The number of carboxylic acid groups (broad SMARTS) is 1. The molecule has 0 bridgehead atoms. The highest BCUT2D eigenvalue weighted by Gasteiger charge is 2.09. The van der Waals surface area contributed by atoms with Gasteiger partial charge in [-0.15, -0.1) is 0 Å². The number of aromatic nitrogens is 2. The van der Waals surface area contributed by atoms with E-state index in [0.29, 0.717) is 0 Å². The summed E-state index contributed by atoms with van der Waals surface area (Å²) in [7, 11) is 0. The summed E-state index contributed by atoms with van der Waals surface area (Å²) < 4.78 is 0. The maximum atomic E-state index is 10.7. The minimum atomic E-state index is -1.02. The van der Waals surface area contributed by atoms with E-state index in [0.717, 1.165) is 24.1 Å². The lowest BCUT2D eigenvalue weighted by atomic mass is 10.1. The zero-order chi connectivity index (χ0) is 11.4. The first-order valence-electron chi connectivity index (χ1n) is 5.10. The topological polar surface area (TPSA) is 66.0 Å². The van der Waals surface area contributed by atoms with E-state index in [4.69, 9.17) is 5.11 Å². The molecule has 0 spiro atoms. The average molecular weight is 216 g/mol. The molecule has 2 rings (SSSR count). The van der Waals surface area contributed by atoms with Crippen LogP contribution in [-0.4, -0.2) is 21.3 Å². The summed E-state index contributed by atoms with van der Waals surface area (Å²) >= 11 is 0. The van der Waals surface area contributed by atoms with Gasteiger partial charge in [0.25, 0.3) is 0 Å². The van der Waals surface area contributed by atoms with E-state index in [-0.39, 0.29) is 5.69 Å². The molecule has 1 heterocycles. The smallest absolute Gasteiger partial charge is 0.356 e. The van der Waals surface area contributed by atoms with Gasteiger partial charge in [0.15, 0.2) is 5.69 Å². The summed E-state index contributed by atoms with van der Waals surface area (Å²) in [5, 5.41) is 15.2. The molecule has 0 radical (unpaired) electrons. The molecule has 1 aromatic heterocycles. The predicted molar refractivity (Wildman–Crippen MR) is 61.0 cm³/mol. The van der Waals surface area contributed by atoms with Crippen molar-refractivity contribution in [2.45, 2.75) is 12.8 Å². The van der Waals surface area contributed by atoms with Gasteiger partial charge in [0.05, 0.1) is 5.69 Å². The predicted octanol–water partition coefficient (Wildman–Crippen LogP) is 2.40. The van der Waals surface area contributed by atoms with Crippen molar-refractivity contribution in [1.29, 1.82) is 0 Å². The molecule has 0 saturated heterocycles. The van der Waals surface area contributed by atoms with Crippen LogP contribution in [0, 0.1) is 0 Å². The molecule has 1 aliphatic rings. The Morgan fingerprint density at radius 1 is 1.38 bits per heavy atom. The molecule has 0 saturated carbocycles. The number of H-pyrrole nitrogens is 1. The molecular formula is C12H12N2O2. The lowest BCUT2D eigenvalue weighted by Gasteiger charge is -1.99. The quantitative estimate of drug-likeness (QED) is 0.797. The van der Waals surface area contributed by atoms with Crippen LogP contribution in [-0.2, 0) is 0 Å². The van der Waals surface area contributed by atoms with Gasteiger partial charge >= 0.3 is 5.97 Å². The van der Waals surface area contributed by atoms with E-state index in [9.17, 15) is 4.79 Å². The van der Waals surface area contributed by atoms with Crippen LogP contribution in [0.3, 0.4) is 0 Å². The fourth-order valence-electron chi connectivity index (χ4n) is 1.52. The van der Waals surface area contributed by atoms with E-state index in [2.05, 4.69) is 22.3 Å². The van der Waals surface area contributed by atoms with Gasteiger partial charge in [0.1, 0.15) is 0 Å². The molecule has 0 aromatic carbocycles. The van der Waals surface area contributed by atoms with E-state index in [1.807, 2.05) is 18.2 Å². The minimum Gasteiger partial charge on any atom is -0.476 e. The molecule has 4 nitrogen and oxygen atoms in total. The SMILES string of the molecule is O=C(O)c1cc(C2=C/CC/C=C/C=C\2)[nH]n1. The summed E-state index contributed by atoms with van der Waals surface area (Å²) in [6.07, 6.45) is 12.0. The van der Waals surface area contributed by atoms with Gasteiger partial charge in [-0.25, -0.2) is 4.79 Å². The van der Waals surface area contributed by atoms with Crippen molar-refractivity contribution in [3.8, 4) is 0 Å². The van der Waals surface area contributed by atoms with Gasteiger partial charge < -0.3 is 5.11 Å². The molecular weight excluding hydrogens is 204 g/mol. The molecule has 4 heteroatoms. The average Bonchev–Trinajstić information content (AvgIpc) is 2.66. The van der Waals surface area contributed by atoms with Crippen LogP contribution in [0.5, 0.6) is 0 Å². The maximum absolute atomic E-state index is 10.7. The Labute approximate surface area is 93.0 Å². The molecule has 0 atom stereocenters. The van der Waals surface area contributed by atoms with Crippen LogP contribution < -0.4 is 0 Å². The first-order chi connectivity index (χ1) is 7.77. The van der Waals surface area contributed by atoms with Gasteiger partial charge in [0, 0.05) is 0 Å². The molecule has 1 aromatic rings. The number of aromatic amines is 1. The fourth-order valence-corrected chi connectivity index (χ4v) is 1.52. The summed E-state index contributed by atoms with van der Waals surface area (Å²) in [4.78, 5) is 10.7. The van der Waals surface area contributed by atoms with E-state index in [1.54, 1.807) is 6.07 Å². The first-order valence-corrected chi connectivity index (χ1v) is 5.10. The Morgan fingerprint density at radius 3 is 3.00 bits per heavy atom. The van der Waals surface area contributed by atoms with Crippen LogP contribution in [0.25, 0.3) is 5.57 Å². The van der Waals surface area contributed by atoms with Crippen LogP contribution >= 0.6 is 0 Å². The second-order valence-corrected chi connectivity index (χ2v) is 3.50. The first kappa shape index (κ1) is 10.4. The molecule has 0 unspecified atom stereocenters. The van der Waals surface area contributed by atoms with Crippen LogP contribution in [0.2, 0.25) is 0 Å². The van der Waals surface area contributed by atoms with Crippen molar-refractivity contribution < 1.29 is 9.90 Å². The number of carboxylic acids is 1. The van der Waals surface area contributed by atoms with Crippen molar-refractivity contribution >= 4 is 11.5 Å². The molecule has 1 aliphatic carbocycles. The van der Waals surface area contributed by atoms with Gasteiger partial charge in [-0.05, 0) is 24.5 Å². The second-order valence-electron chi connectivity index (χ2n) is 3.50. The molecule has 0 amide bonds. The van der Waals surface area contributed by atoms with E-state index < -0.39 is 5.97 Å². The minimum absolute atomic E-state index is 0.0434. The van der Waals surface area contributed by atoms with Gasteiger partial charge in [-0.3, -0.25) is 5.10 Å². The number of rotatable bonds is 2. The Hall–Kier alpha value is -2.10. The number of allylic oxidation sites excluding steroid dienone is 6. The number of carbonyl (C=O) groups is 1. The lowest BCUT2D eigenvalue weighted by molar-refractivity contribution is 0.0690. The summed E-state index contributed by atoms with van der Waals surface area (Å²) in [5.74, 6) is -1.02. The van der Waals surface area contributed by atoms with Crippen molar-refractivity contribution in [3.63, 3.8) is 0 Å². The molecule has 82 valence electrons. The molecule has 0 aliphatic heterocycles. The monoisotopic (exact) mass is 216 g/mol. The molecule has 2 N–H and O–H groups in total. The lowest BCUT2D eigenvalue weighted by Crippen LogP contribution is -1.95. The van der Waals surface area contributed by atoms with Crippen molar-refractivity contribution in [2.24, 2.45) is 0 Å². The zero-order valence-electron chi connectivity index (χ0n) is 8.68. The highest BCUT2D eigenvalue weighted by molar-refractivity contribution is 5.87. The molecule has 16 heavy (non-hydrogen) atoms. The Bertz CT molecular complexity index is 481. The largest absolute Gasteiger partial charge is 0.476 e. The van der Waals surface area contributed by atoms with E-state index >= 15 is 0 Å². The van der Waals surface area contributed by atoms with Crippen molar-refractivity contribution in [3.05, 3.63) is 47.8 Å². The van der Waals surface area contributed by atoms with Crippen molar-refractivity contribution in [2.75, 3.05) is 0 Å². The second kappa shape index (κ2) is 4.61. The Morgan fingerprint density at radius 2 is 2.25 bits per heavy atom. The summed E-state index contributed by atoms with van der Waals surface area (Å²) in [6, 6.07) is 1.55. The van der Waals surface area contributed by atoms with E-state index in [1.165, 1.54) is 0 Å². The number of hydrogen-bond donors (Lipinski definition) is 2. The summed E-state index contributed by atoms with van der Waals surface area (Å²) in [5.41, 5.74) is 1.76. The van der Waals surface area contributed by atoms with Crippen LogP contribution in [0.1, 0.15) is 29.0 Å². The number of hydrogen-bond acceptors (Lipinski definition) is 2. The highest BCUT2D eigenvalue weighted by Crippen LogP contribution is 2.17. The number of nitrogens with one attached hydrogen (secondary N) is 1. The Balaban J connectivity index is 2.28. The third-order valence-corrected chi connectivity index (χ3v) is 2.33. The Kier molecular flexibility index (Phi) is 3.00. The summed E-state index contributed by atoms with van der Waals surface area (Å²) in [6.45, 7) is 0. The van der Waals surface area contributed by atoms with Gasteiger partial charge in [0.2, 0.25) is 0 Å². The number of nitrogens with zero attached hydrogens (tertiary/aromatic N) is 1. The number of aromatic carboxylic acids is 1. The normalized spacial score (nSPS) is 22.6. The third-order valence-electron chi connectivity index (χ3n) is 2.33. The fraction of sp³-hybridized carbons (Fsp3) is 0.167. The third kappa shape index (κ3) is 2.28. The highest BCUT2D eigenvalue weighted by atomic mass is 16.4. The van der Waals surface area contributed by atoms with Crippen LogP contribution in [0.4, 0.5) is 0 Å². The maximum Gasteiger partial charge on any atom is 0.356 e.